The lowest BCUT2D eigenvalue weighted by atomic mass is 9.70. The molecule has 3 saturated heterocycles. The Morgan fingerprint density at radius 1 is 1.30 bits per heavy atom. The molecular formula is C25H38N2O6. The fraction of sp³-hybridized carbons (Fsp3) is 0.720. The highest BCUT2D eigenvalue weighted by molar-refractivity contribution is 5.98. The van der Waals surface area contributed by atoms with Crippen LogP contribution in [0.1, 0.15) is 51.9 Å². The van der Waals surface area contributed by atoms with Crippen molar-refractivity contribution >= 4 is 17.8 Å². The molecule has 1 N–H and O–H groups in total. The first-order valence-electron chi connectivity index (χ1n) is 12.2. The Morgan fingerprint density at radius 2 is 2.09 bits per heavy atom. The van der Waals surface area contributed by atoms with Gasteiger partial charge in [0.1, 0.15) is 11.6 Å². The Kier molecular flexibility index (Phi) is 8.70. The molecule has 2 bridgehead atoms. The van der Waals surface area contributed by atoms with E-state index >= 15 is 0 Å². The molecule has 1 spiro atoms. The normalized spacial score (nSPS) is 29.8. The van der Waals surface area contributed by atoms with Gasteiger partial charge in [-0.05, 0) is 32.1 Å². The van der Waals surface area contributed by atoms with Crippen molar-refractivity contribution in [3.63, 3.8) is 0 Å². The minimum Gasteiger partial charge on any atom is -0.465 e. The molecule has 8 nitrogen and oxygen atoms in total. The van der Waals surface area contributed by atoms with Gasteiger partial charge in [-0.1, -0.05) is 31.9 Å². The van der Waals surface area contributed by atoms with Gasteiger partial charge in [0, 0.05) is 19.6 Å². The van der Waals surface area contributed by atoms with Crippen LogP contribution in [0.2, 0.25) is 0 Å². The third kappa shape index (κ3) is 4.73. The van der Waals surface area contributed by atoms with Gasteiger partial charge in [0.25, 0.3) is 0 Å². The first-order chi connectivity index (χ1) is 16.0. The van der Waals surface area contributed by atoms with E-state index < -0.39 is 35.6 Å². The smallest absolute Gasteiger partial charge is 0.312 e. The molecule has 2 amide bonds. The second-order valence-electron chi connectivity index (χ2n) is 9.19. The van der Waals surface area contributed by atoms with Crippen LogP contribution in [0.15, 0.2) is 25.3 Å². The molecule has 3 heterocycles. The highest BCUT2D eigenvalue weighted by atomic mass is 16.6. The number of carbonyl (C=O) groups excluding carboxylic acids is 3. The maximum Gasteiger partial charge on any atom is 0.312 e. The van der Waals surface area contributed by atoms with E-state index in [2.05, 4.69) is 20.1 Å². The van der Waals surface area contributed by atoms with Gasteiger partial charge in [-0.25, -0.2) is 0 Å². The van der Waals surface area contributed by atoms with E-state index in [1.807, 2.05) is 0 Å². The Bertz CT molecular complexity index is 755. The molecule has 0 aromatic heterocycles. The van der Waals surface area contributed by atoms with E-state index in [0.717, 1.165) is 25.7 Å². The maximum absolute atomic E-state index is 13.8. The standard InChI is InChI=1S/C25H38N2O6/c1-4-7-9-14-26(13-6-3)23(30)21-25-12-11-18(33-25)19(24(31)32-17-10-8-5-2)20(25)22(29)27(21)15-16-28/h5-6,18-21,28H,2-4,7-17H2,1H3/t18-,19+,20+,21?,25?/m1/s1. The summed E-state index contributed by atoms with van der Waals surface area (Å²) in [5.41, 5.74) is -1.05. The second kappa shape index (κ2) is 11.3. The van der Waals surface area contributed by atoms with Gasteiger partial charge in [0.05, 0.1) is 31.2 Å². The molecule has 0 aliphatic carbocycles. The van der Waals surface area contributed by atoms with Gasteiger partial charge >= 0.3 is 5.97 Å². The molecule has 0 aromatic rings. The lowest BCUT2D eigenvalue weighted by Crippen LogP contribution is -2.56. The zero-order valence-electron chi connectivity index (χ0n) is 19.7. The number of carbonyl (C=O) groups is 3. The molecule has 3 aliphatic rings. The fourth-order valence-electron chi connectivity index (χ4n) is 5.72. The number of rotatable bonds is 14. The van der Waals surface area contributed by atoms with Crippen molar-refractivity contribution in [1.29, 1.82) is 0 Å². The van der Waals surface area contributed by atoms with E-state index in [4.69, 9.17) is 9.47 Å². The first-order valence-corrected chi connectivity index (χ1v) is 12.2. The van der Waals surface area contributed by atoms with Gasteiger partial charge in [0.15, 0.2) is 0 Å². The third-order valence-corrected chi connectivity index (χ3v) is 7.14. The van der Waals surface area contributed by atoms with E-state index in [-0.39, 0.29) is 31.6 Å². The topological polar surface area (TPSA) is 96.4 Å². The summed E-state index contributed by atoms with van der Waals surface area (Å²) in [6, 6.07) is -0.854. The molecule has 5 atom stereocenters. The van der Waals surface area contributed by atoms with Gasteiger partial charge in [-0.3, -0.25) is 14.4 Å². The number of nitrogens with zero attached hydrogens (tertiary/aromatic N) is 2. The Morgan fingerprint density at radius 3 is 2.76 bits per heavy atom. The van der Waals surface area contributed by atoms with Crippen molar-refractivity contribution in [3.05, 3.63) is 25.3 Å². The molecule has 0 radical (unpaired) electrons. The fourth-order valence-corrected chi connectivity index (χ4v) is 5.72. The SMILES string of the molecule is C=CCCCOC(=O)[C@@H]1[C@H]2C(=O)N(CCO)C(C(=O)N(CC=C)CCCCC)C23CC[C@H]1O3. The quantitative estimate of drug-likeness (QED) is 0.241. The van der Waals surface area contributed by atoms with Crippen LogP contribution < -0.4 is 0 Å². The van der Waals surface area contributed by atoms with Gasteiger partial charge in [-0.15, -0.1) is 13.2 Å². The van der Waals surface area contributed by atoms with Crippen LogP contribution in [0.4, 0.5) is 0 Å². The number of allylic oxidation sites excluding steroid dienone is 1. The number of esters is 1. The van der Waals surface area contributed by atoms with E-state index in [1.165, 1.54) is 4.90 Å². The predicted molar refractivity (Wildman–Crippen MR) is 123 cm³/mol. The number of likely N-dealkylation sites (tertiary alicyclic amines) is 1. The van der Waals surface area contributed by atoms with Gasteiger partial charge < -0.3 is 24.4 Å². The van der Waals surface area contributed by atoms with Gasteiger partial charge in [0.2, 0.25) is 11.8 Å². The van der Waals surface area contributed by atoms with Crippen molar-refractivity contribution in [2.45, 2.75) is 69.6 Å². The molecule has 33 heavy (non-hydrogen) atoms. The van der Waals surface area contributed by atoms with Crippen LogP contribution >= 0.6 is 0 Å². The van der Waals surface area contributed by atoms with Crippen LogP contribution in [0, 0.1) is 11.8 Å². The number of fused-ring (bicyclic) bond motifs is 1. The molecule has 0 aromatic carbocycles. The maximum atomic E-state index is 13.8. The molecule has 3 aliphatic heterocycles. The Balaban J connectivity index is 1.86. The molecule has 8 heteroatoms. The summed E-state index contributed by atoms with van der Waals surface area (Å²) in [6.07, 6.45) is 8.45. The van der Waals surface area contributed by atoms with Crippen molar-refractivity contribution in [2.24, 2.45) is 11.8 Å². The number of aliphatic hydroxyl groups excluding tert-OH is 1. The molecule has 3 fully saturated rings. The monoisotopic (exact) mass is 462 g/mol. The minimum atomic E-state index is -1.05. The van der Waals surface area contributed by atoms with E-state index in [9.17, 15) is 19.5 Å². The van der Waals surface area contributed by atoms with Crippen molar-refractivity contribution in [3.8, 4) is 0 Å². The van der Waals surface area contributed by atoms with Crippen molar-refractivity contribution in [2.75, 3.05) is 32.8 Å². The third-order valence-electron chi connectivity index (χ3n) is 7.14. The zero-order chi connectivity index (χ0) is 24.0. The predicted octanol–water partition coefficient (Wildman–Crippen LogP) is 2.07. The van der Waals surface area contributed by atoms with Crippen LogP contribution in [0.25, 0.3) is 0 Å². The number of hydrogen-bond donors (Lipinski definition) is 1. The van der Waals surface area contributed by atoms with E-state index in [1.54, 1.807) is 17.1 Å². The van der Waals surface area contributed by atoms with Crippen molar-refractivity contribution in [1.82, 2.24) is 9.80 Å². The number of unbranched alkanes of at least 4 members (excludes halogenated alkanes) is 3. The van der Waals surface area contributed by atoms with E-state index in [0.29, 0.717) is 32.4 Å². The summed E-state index contributed by atoms with van der Waals surface area (Å²) in [5, 5.41) is 9.66. The number of ether oxygens (including phenoxy) is 2. The largest absolute Gasteiger partial charge is 0.465 e. The first kappa shape index (κ1) is 25.4. The van der Waals surface area contributed by atoms with Crippen LogP contribution in [-0.2, 0) is 23.9 Å². The summed E-state index contributed by atoms with van der Waals surface area (Å²) in [7, 11) is 0. The molecule has 3 rings (SSSR count). The summed E-state index contributed by atoms with van der Waals surface area (Å²) in [4.78, 5) is 43.5. The number of aliphatic hydroxyl groups is 1. The van der Waals surface area contributed by atoms with Gasteiger partial charge in [-0.2, -0.15) is 0 Å². The molecule has 184 valence electrons. The van der Waals surface area contributed by atoms with Crippen LogP contribution in [0.5, 0.6) is 0 Å². The lowest BCUT2D eigenvalue weighted by Gasteiger charge is -2.36. The number of hydrogen-bond acceptors (Lipinski definition) is 6. The van der Waals surface area contributed by atoms with Crippen LogP contribution in [0.3, 0.4) is 0 Å². The summed E-state index contributed by atoms with van der Waals surface area (Å²) in [6.45, 7) is 10.5. The number of β-amino-alcohol motifs (C(OH)–C–C–N with tert-alkyl or cyclic N) is 1. The van der Waals surface area contributed by atoms with Crippen molar-refractivity contribution < 1.29 is 29.0 Å². The highest BCUT2D eigenvalue weighted by Crippen LogP contribution is 2.58. The second-order valence-corrected chi connectivity index (χ2v) is 9.19. The summed E-state index contributed by atoms with van der Waals surface area (Å²) in [5.74, 6) is -2.42. The zero-order valence-corrected chi connectivity index (χ0v) is 19.7. The average molecular weight is 463 g/mol. The average Bonchev–Trinajstić information content (AvgIpc) is 3.44. The summed E-state index contributed by atoms with van der Waals surface area (Å²) >= 11 is 0. The molecule has 0 saturated carbocycles. The Hall–Kier alpha value is -2.19. The minimum absolute atomic E-state index is 0.0273. The van der Waals surface area contributed by atoms with Crippen LogP contribution in [-0.4, -0.2) is 83.3 Å². The number of amides is 2. The molecular weight excluding hydrogens is 424 g/mol. The lowest BCUT2D eigenvalue weighted by molar-refractivity contribution is -0.155. The summed E-state index contributed by atoms with van der Waals surface area (Å²) < 4.78 is 11.8. The highest BCUT2D eigenvalue weighted by Gasteiger charge is 2.75. The molecule has 2 unspecified atom stereocenters. The Labute approximate surface area is 196 Å².